The fraction of sp³-hybridized carbons (Fsp3) is 0.806. The van der Waals surface area contributed by atoms with Crippen molar-refractivity contribution in [2.75, 3.05) is 7.11 Å². The molecular weight excluding hydrogens is 1320 g/mol. The number of aliphatic hydroxyl groups is 2. The zero-order valence-corrected chi connectivity index (χ0v) is 56.2. The first kappa shape index (κ1) is 67.6. The number of carbonyl (C=O) groups is 1. The number of terminal acetylenes is 2. The minimum atomic E-state index is -0.900. The van der Waals surface area contributed by atoms with Crippen molar-refractivity contribution in [3.05, 3.63) is 41.0 Å². The van der Waals surface area contributed by atoms with Crippen molar-refractivity contribution in [1.82, 2.24) is 0 Å². The Morgan fingerprint density at radius 1 is 0.644 bits per heavy atom. The fourth-order valence-electron chi connectivity index (χ4n) is 17.9. The molecule has 8 fully saturated rings. The third-order valence-corrected chi connectivity index (χ3v) is 22.7. The average molecular weight is 1430 g/mol. The van der Waals surface area contributed by atoms with Crippen LogP contribution in [0.25, 0.3) is 0 Å². The number of aryl methyl sites for hydroxylation is 1. The molecule has 11 rings (SSSR count). The van der Waals surface area contributed by atoms with Gasteiger partial charge < -0.3 is 14.9 Å². The summed E-state index contributed by atoms with van der Waals surface area (Å²) in [6.07, 6.45) is 45.7. The van der Waals surface area contributed by atoms with Crippen LogP contribution in [0.2, 0.25) is 0 Å². The minimum absolute atomic E-state index is 0. The Kier molecular flexibility index (Phi) is 27.5. The zero-order valence-electron chi connectivity index (χ0n) is 46.7. The summed E-state index contributed by atoms with van der Waals surface area (Å²) in [6.45, 7) is 18.7. The van der Waals surface area contributed by atoms with E-state index in [1.165, 1.54) is 119 Å². The Morgan fingerprint density at radius 3 is 1.82 bits per heavy atom. The number of benzene rings is 1. The molecule has 0 aliphatic heterocycles. The van der Waals surface area contributed by atoms with Gasteiger partial charge in [0.2, 0.25) is 0 Å². The third kappa shape index (κ3) is 14.5. The Hall–Kier alpha value is 0.353. The maximum atomic E-state index is 11.7. The van der Waals surface area contributed by atoms with Crippen molar-refractivity contribution in [2.24, 2.45) is 81.8 Å². The summed E-state index contributed by atoms with van der Waals surface area (Å²) >= 11 is 0. The molecule has 73 heavy (non-hydrogen) atoms. The second kappa shape index (κ2) is 29.7. The standard InChI is InChI=1S/C21H26O2.C20H30O.C8H12O.2C8H16.2CH4.2Ac/c1-4-21(22)12-10-19-18-7-5-14-13-15(23-3)6-8-16(14)17(18)9-11-20(19,21)2;1-3-14-5-9-19-18-7-4-13-12-15(21)6-8-16(13)17(18)10-11-20(14,19)2;1-3-8(9)6-4-5-7(8)2;2*1-3-8-6-4-5-7(8)2;;;;/h1,6,8,13,17-19,22H,5,7,9-12H2,2-3H3;12,14,16-19H,3-11H2,1-2H3;1,7,9H,4-6H2,2H3;2*7-8H,3-6H2,1-2H3;2*1H4;;/t17?,18?,19?,20-,21-;14-,16-,17?,18?,19?,20+;3*7-,8+;;;;/m00111..../s1. The molecule has 0 saturated heterocycles. The van der Waals surface area contributed by atoms with E-state index in [9.17, 15) is 15.0 Å². The fourth-order valence-corrected chi connectivity index (χ4v) is 17.9. The average Bonchev–Trinajstić information content (AvgIpc) is 4.20. The summed E-state index contributed by atoms with van der Waals surface area (Å²) in [7, 11) is 1.73. The van der Waals surface area contributed by atoms with Crippen molar-refractivity contribution in [3.8, 4) is 30.4 Å². The second-order valence-corrected chi connectivity index (χ2v) is 25.5. The summed E-state index contributed by atoms with van der Waals surface area (Å²) in [5.41, 5.74) is 3.36. The Balaban J connectivity index is 0.000000257. The van der Waals surface area contributed by atoms with E-state index >= 15 is 0 Å². The number of rotatable bonds is 4. The van der Waals surface area contributed by atoms with E-state index < -0.39 is 11.2 Å². The maximum Gasteiger partial charge on any atom is 0.155 e. The largest absolute Gasteiger partial charge is 0.497 e. The van der Waals surface area contributed by atoms with Gasteiger partial charge in [-0.05, 0) is 214 Å². The number of carbonyl (C=O) groups excluding carboxylic acids is 1. The van der Waals surface area contributed by atoms with Gasteiger partial charge in [0.15, 0.2) is 5.78 Å². The molecule has 8 saturated carbocycles. The van der Waals surface area contributed by atoms with Crippen LogP contribution in [0.15, 0.2) is 29.8 Å². The van der Waals surface area contributed by atoms with Crippen LogP contribution in [-0.4, -0.2) is 34.3 Å². The van der Waals surface area contributed by atoms with Gasteiger partial charge in [0.1, 0.15) is 17.0 Å². The smallest absolute Gasteiger partial charge is 0.155 e. The molecule has 2 radical (unpaired) electrons. The number of ether oxygens (including phenoxy) is 1. The summed E-state index contributed by atoms with van der Waals surface area (Å²) in [4.78, 5) is 11.7. The van der Waals surface area contributed by atoms with Crippen molar-refractivity contribution in [3.63, 3.8) is 0 Å². The van der Waals surface area contributed by atoms with Crippen LogP contribution in [0.3, 0.4) is 0 Å². The van der Waals surface area contributed by atoms with Crippen LogP contribution < -0.4 is 4.74 Å². The van der Waals surface area contributed by atoms with Crippen LogP contribution in [-0.2, 0) is 11.2 Å². The van der Waals surface area contributed by atoms with Gasteiger partial charge in [0, 0.05) is 100.0 Å². The molecule has 406 valence electrons. The molecule has 0 heterocycles. The van der Waals surface area contributed by atoms with E-state index in [1.807, 2.05) is 13.0 Å². The van der Waals surface area contributed by atoms with Crippen molar-refractivity contribution < 1.29 is 108 Å². The molecule has 1 aromatic rings. The molecule has 6 heteroatoms. The predicted molar refractivity (Wildman–Crippen MR) is 301 cm³/mol. The van der Waals surface area contributed by atoms with Crippen molar-refractivity contribution >= 4 is 5.78 Å². The van der Waals surface area contributed by atoms with Crippen LogP contribution >= 0.6 is 0 Å². The van der Waals surface area contributed by atoms with Crippen LogP contribution in [0.5, 0.6) is 5.75 Å². The van der Waals surface area contributed by atoms with E-state index in [1.54, 1.807) is 7.11 Å². The number of allylic oxidation sites excluding steroid dienone is 1. The summed E-state index contributed by atoms with van der Waals surface area (Å²) in [5.74, 6) is 17.5. The van der Waals surface area contributed by atoms with Crippen molar-refractivity contribution in [1.29, 1.82) is 0 Å². The van der Waals surface area contributed by atoms with Crippen LogP contribution in [0, 0.1) is 195 Å². The van der Waals surface area contributed by atoms with Gasteiger partial charge in [0.05, 0.1) is 7.11 Å². The maximum absolute atomic E-state index is 11.7. The number of hydrogen-bond acceptors (Lipinski definition) is 4. The van der Waals surface area contributed by atoms with Crippen LogP contribution in [0.1, 0.15) is 248 Å². The molecule has 10 aliphatic carbocycles. The van der Waals surface area contributed by atoms with Gasteiger partial charge in [-0.2, -0.15) is 0 Å². The molecule has 2 N–H and O–H groups in total. The van der Waals surface area contributed by atoms with Gasteiger partial charge in [-0.25, -0.2) is 0 Å². The minimum Gasteiger partial charge on any atom is -0.497 e. The molecule has 1 aromatic carbocycles. The molecule has 17 atom stereocenters. The van der Waals surface area contributed by atoms with E-state index in [-0.39, 0.29) is 108 Å². The number of methoxy groups -OCH3 is 1. The molecule has 10 aliphatic rings. The van der Waals surface area contributed by atoms with E-state index in [0.29, 0.717) is 34.9 Å². The van der Waals surface area contributed by atoms with E-state index in [0.717, 1.165) is 123 Å². The molecule has 0 spiro atoms. The SMILES string of the molecule is C.C.C#C[C@]1(O)CCC2C3CCc4cc(OC)ccc4C3CC[C@@]21C.C#C[C@]1(O)CCC[C@H]1C.CC[C@H]1CCC2C3CCC4=CC(=O)CC[C@@H]4C3CC[C@@]21C.CC[C@H]1CCC[C@H]1C.CC[C@H]1CCC[C@H]1C.[Ac].[Ac]. The first-order valence-corrected chi connectivity index (χ1v) is 29.3. The third-order valence-electron chi connectivity index (χ3n) is 22.7. The predicted octanol–water partition coefficient (Wildman–Crippen LogP) is 17.2. The Bertz CT molecular complexity index is 1980. The molecule has 0 bridgehead atoms. The number of hydrogen-bond donors (Lipinski definition) is 2. The Morgan fingerprint density at radius 2 is 1.30 bits per heavy atom. The van der Waals surface area contributed by atoms with Gasteiger partial charge in [-0.15, -0.1) is 12.8 Å². The molecule has 4 nitrogen and oxygen atoms in total. The van der Waals surface area contributed by atoms with Gasteiger partial charge >= 0.3 is 0 Å². The second-order valence-electron chi connectivity index (χ2n) is 25.5. The number of ketones is 1. The first-order valence-electron chi connectivity index (χ1n) is 29.3. The monoisotopic (exact) mass is 1430 g/mol. The van der Waals surface area contributed by atoms with Gasteiger partial charge in [-0.3, -0.25) is 4.79 Å². The van der Waals surface area contributed by atoms with Crippen LogP contribution in [0.4, 0.5) is 0 Å². The van der Waals surface area contributed by atoms with Crippen molar-refractivity contribution in [2.45, 2.75) is 254 Å². The van der Waals surface area contributed by atoms with Gasteiger partial charge in [-0.1, -0.05) is 152 Å². The quantitative estimate of drug-likeness (QED) is 0.295. The first-order chi connectivity index (χ1) is 33.0. The summed E-state index contributed by atoms with van der Waals surface area (Å²) < 4.78 is 5.39. The van der Waals surface area contributed by atoms with E-state index in [4.69, 9.17) is 17.6 Å². The van der Waals surface area contributed by atoms with E-state index in [2.05, 4.69) is 78.5 Å². The molecule has 0 aromatic heterocycles. The number of fused-ring (bicyclic) bond motifs is 10. The van der Waals surface area contributed by atoms with Gasteiger partial charge in [0.25, 0.3) is 0 Å². The normalized spacial score (nSPS) is 40.8. The molecule has 6 unspecified atom stereocenters. The molecular formula is C67H108Ac2O4. The topological polar surface area (TPSA) is 66.8 Å². The zero-order chi connectivity index (χ0) is 49.7. The molecule has 0 amide bonds. The summed E-state index contributed by atoms with van der Waals surface area (Å²) in [5, 5.41) is 20.5. The summed E-state index contributed by atoms with van der Waals surface area (Å²) in [6, 6.07) is 6.59. The Labute approximate surface area is 522 Å².